The normalized spacial score (nSPS) is 13.3. The fourth-order valence-corrected chi connectivity index (χ4v) is 3.55. The number of rotatable bonds is 6. The first kappa shape index (κ1) is 21.6. The molecule has 10 nitrogen and oxygen atoms in total. The second-order valence-corrected chi connectivity index (χ2v) is 7.57. The third-order valence-electron chi connectivity index (χ3n) is 5.30. The minimum Gasteiger partial charge on any atom is -0.394 e. The molecule has 0 spiro atoms. The van der Waals surface area contributed by atoms with Crippen molar-refractivity contribution < 1.29 is 15.0 Å². The Bertz CT molecular complexity index is 1120. The molecule has 0 aromatic carbocycles. The highest BCUT2D eigenvalue weighted by Crippen LogP contribution is 2.37. The Labute approximate surface area is 185 Å². The lowest BCUT2D eigenvalue weighted by molar-refractivity contribution is 0.0879. The number of hydrogen-bond acceptors (Lipinski definition) is 9. The van der Waals surface area contributed by atoms with Gasteiger partial charge in [0.15, 0.2) is 11.6 Å². The Balaban J connectivity index is 1.76. The van der Waals surface area contributed by atoms with E-state index in [9.17, 15) is 15.0 Å². The number of carbonyl (C=O) groups is 1. The van der Waals surface area contributed by atoms with Crippen LogP contribution in [0.25, 0.3) is 11.5 Å². The molecule has 3 N–H and O–H groups in total. The molecule has 1 aliphatic rings. The minimum atomic E-state index is -0.753. The van der Waals surface area contributed by atoms with E-state index in [0.717, 1.165) is 11.4 Å². The van der Waals surface area contributed by atoms with Gasteiger partial charge in [0.25, 0.3) is 5.91 Å². The number of aliphatic hydroxyl groups excluding tert-OH is 2. The number of aromatic nitrogens is 4. The van der Waals surface area contributed by atoms with Crippen molar-refractivity contribution in [1.29, 1.82) is 0 Å². The molecular formula is C22H25N7O3. The lowest BCUT2D eigenvalue weighted by Gasteiger charge is -2.36. The summed E-state index contributed by atoms with van der Waals surface area (Å²) in [4.78, 5) is 34.9. The summed E-state index contributed by atoms with van der Waals surface area (Å²) in [5.41, 5.74) is 3.32. The first-order chi connectivity index (χ1) is 15.5. The van der Waals surface area contributed by atoms with Crippen LogP contribution in [0.4, 0.5) is 17.2 Å². The lowest BCUT2D eigenvalue weighted by atomic mass is 10.1. The van der Waals surface area contributed by atoms with Crippen LogP contribution in [0.2, 0.25) is 0 Å². The van der Waals surface area contributed by atoms with Gasteiger partial charge in [-0.1, -0.05) is 6.07 Å². The van der Waals surface area contributed by atoms with E-state index < -0.39 is 11.9 Å². The number of aliphatic hydroxyl groups is 2. The second-order valence-electron chi connectivity index (χ2n) is 7.57. The van der Waals surface area contributed by atoms with Gasteiger partial charge in [-0.3, -0.25) is 9.78 Å². The predicted molar refractivity (Wildman–Crippen MR) is 120 cm³/mol. The third kappa shape index (κ3) is 4.23. The van der Waals surface area contributed by atoms with Crippen molar-refractivity contribution >= 4 is 23.1 Å². The summed E-state index contributed by atoms with van der Waals surface area (Å²) in [5, 5.41) is 21.3. The van der Waals surface area contributed by atoms with Gasteiger partial charge in [0, 0.05) is 38.2 Å². The molecular weight excluding hydrogens is 410 g/mol. The molecule has 1 aliphatic heterocycles. The molecule has 3 aromatic heterocycles. The third-order valence-corrected chi connectivity index (χ3v) is 5.30. The monoisotopic (exact) mass is 435 g/mol. The zero-order valence-corrected chi connectivity index (χ0v) is 17.9. The second kappa shape index (κ2) is 9.25. The number of likely N-dealkylation sites (N-methyl/N-ethyl adjacent to an activating group) is 1. The van der Waals surface area contributed by atoms with E-state index in [1.807, 2.05) is 37.1 Å². The fourth-order valence-electron chi connectivity index (χ4n) is 3.55. The molecule has 0 atom stereocenters. The van der Waals surface area contributed by atoms with Crippen molar-refractivity contribution in [2.45, 2.75) is 13.0 Å². The summed E-state index contributed by atoms with van der Waals surface area (Å²) in [6.45, 7) is 2.48. The maximum atomic E-state index is 12.9. The Morgan fingerprint density at radius 1 is 1.12 bits per heavy atom. The quantitative estimate of drug-likeness (QED) is 0.518. The smallest absolute Gasteiger partial charge is 0.255 e. The molecule has 4 rings (SSSR count). The molecule has 166 valence electrons. The highest BCUT2D eigenvalue weighted by molar-refractivity contribution is 6.01. The number of pyridine rings is 2. The highest BCUT2D eigenvalue weighted by Gasteiger charge is 2.28. The predicted octanol–water partition coefficient (Wildman–Crippen LogP) is 0.913. The van der Waals surface area contributed by atoms with Gasteiger partial charge in [0.1, 0.15) is 5.69 Å². The van der Waals surface area contributed by atoms with Gasteiger partial charge in [-0.05, 0) is 25.1 Å². The molecule has 0 bridgehead atoms. The minimum absolute atomic E-state index is 0.323. The first-order valence-electron chi connectivity index (χ1n) is 10.3. The highest BCUT2D eigenvalue weighted by atomic mass is 16.3. The van der Waals surface area contributed by atoms with E-state index in [4.69, 9.17) is 4.98 Å². The number of anilines is 3. The lowest BCUT2D eigenvalue weighted by Crippen LogP contribution is -2.42. The maximum absolute atomic E-state index is 12.9. The van der Waals surface area contributed by atoms with E-state index in [-0.39, 0.29) is 13.2 Å². The maximum Gasteiger partial charge on any atom is 0.255 e. The van der Waals surface area contributed by atoms with E-state index in [1.54, 1.807) is 18.5 Å². The van der Waals surface area contributed by atoms with Crippen molar-refractivity contribution in [1.82, 2.24) is 25.3 Å². The van der Waals surface area contributed by atoms with Gasteiger partial charge in [-0.2, -0.15) is 0 Å². The van der Waals surface area contributed by atoms with Crippen LogP contribution in [0.15, 0.2) is 42.9 Å². The van der Waals surface area contributed by atoms with Crippen molar-refractivity contribution in [3.05, 3.63) is 54.1 Å². The molecule has 0 saturated heterocycles. The first-order valence-corrected chi connectivity index (χ1v) is 10.3. The SMILES string of the molecule is Cc1cccc(-c2ncc3c(n2)N(c2ccncc2C(=O)NC(CO)CO)CCN3C)n1. The summed E-state index contributed by atoms with van der Waals surface area (Å²) >= 11 is 0. The largest absolute Gasteiger partial charge is 0.394 e. The van der Waals surface area contributed by atoms with Crippen LogP contribution in [0, 0.1) is 6.92 Å². The van der Waals surface area contributed by atoms with Crippen LogP contribution in [0.3, 0.4) is 0 Å². The van der Waals surface area contributed by atoms with Gasteiger partial charge in [0.05, 0.1) is 42.4 Å². The van der Waals surface area contributed by atoms with Crippen LogP contribution in [-0.4, -0.2) is 75.4 Å². The number of amides is 1. The standard InChI is InChI=1S/C22H25N7O3/c1-14-4-3-5-17(25-14)20-24-11-19-21(27-20)29(9-8-28(19)2)18-6-7-23-10-16(18)22(32)26-15(12-30)13-31/h3-7,10-11,15,30-31H,8-9,12-13H2,1-2H3,(H,26,32). The van der Waals surface area contributed by atoms with Gasteiger partial charge < -0.3 is 25.3 Å². The number of aryl methyl sites for hydroxylation is 1. The summed E-state index contributed by atoms with van der Waals surface area (Å²) in [5.74, 6) is 0.720. The zero-order valence-electron chi connectivity index (χ0n) is 17.9. The molecule has 0 unspecified atom stereocenters. The van der Waals surface area contributed by atoms with Gasteiger partial charge in [0.2, 0.25) is 0 Å². The fraction of sp³-hybridized carbons (Fsp3) is 0.318. The number of nitrogens with zero attached hydrogens (tertiary/aromatic N) is 6. The molecule has 4 heterocycles. The van der Waals surface area contributed by atoms with Crippen LogP contribution in [0.5, 0.6) is 0 Å². The molecule has 10 heteroatoms. The zero-order chi connectivity index (χ0) is 22.7. The van der Waals surface area contributed by atoms with E-state index >= 15 is 0 Å². The molecule has 3 aromatic rings. The van der Waals surface area contributed by atoms with Crippen molar-refractivity contribution in [2.24, 2.45) is 0 Å². The molecule has 0 fully saturated rings. The van der Waals surface area contributed by atoms with E-state index in [1.165, 1.54) is 6.20 Å². The molecule has 1 amide bonds. The van der Waals surface area contributed by atoms with Crippen molar-refractivity contribution in [3.63, 3.8) is 0 Å². The van der Waals surface area contributed by atoms with Gasteiger partial charge in [-0.15, -0.1) is 0 Å². The van der Waals surface area contributed by atoms with Crippen molar-refractivity contribution in [3.8, 4) is 11.5 Å². The topological polar surface area (TPSA) is 128 Å². The number of hydrogen-bond donors (Lipinski definition) is 3. The van der Waals surface area contributed by atoms with Crippen LogP contribution in [-0.2, 0) is 0 Å². The van der Waals surface area contributed by atoms with E-state index in [0.29, 0.717) is 41.7 Å². The van der Waals surface area contributed by atoms with Crippen LogP contribution < -0.4 is 15.1 Å². The summed E-state index contributed by atoms with van der Waals surface area (Å²) in [6, 6.07) is 6.69. The summed E-state index contributed by atoms with van der Waals surface area (Å²) < 4.78 is 0. The van der Waals surface area contributed by atoms with Gasteiger partial charge in [-0.25, -0.2) is 15.0 Å². The average molecular weight is 435 g/mol. The molecule has 0 saturated carbocycles. The molecule has 32 heavy (non-hydrogen) atoms. The molecule has 0 radical (unpaired) electrons. The van der Waals surface area contributed by atoms with Crippen LogP contribution in [0.1, 0.15) is 16.1 Å². The van der Waals surface area contributed by atoms with Crippen molar-refractivity contribution in [2.75, 3.05) is 43.2 Å². The Morgan fingerprint density at radius 3 is 2.69 bits per heavy atom. The Morgan fingerprint density at radius 2 is 1.94 bits per heavy atom. The Kier molecular flexibility index (Phi) is 6.24. The Hall–Kier alpha value is -3.63. The van der Waals surface area contributed by atoms with E-state index in [2.05, 4.69) is 25.2 Å². The average Bonchev–Trinajstić information content (AvgIpc) is 2.82. The van der Waals surface area contributed by atoms with Crippen LogP contribution >= 0.6 is 0 Å². The van der Waals surface area contributed by atoms with Gasteiger partial charge >= 0.3 is 0 Å². The summed E-state index contributed by atoms with van der Waals surface area (Å²) in [7, 11) is 1.97. The number of nitrogens with one attached hydrogen (secondary N) is 1. The summed E-state index contributed by atoms with van der Waals surface area (Å²) in [6.07, 6.45) is 4.85. The number of carbonyl (C=O) groups excluding carboxylic acids is 1. The number of fused-ring (bicyclic) bond motifs is 1. The molecule has 0 aliphatic carbocycles.